The normalized spacial score (nSPS) is 14.1. The highest BCUT2D eigenvalue weighted by Gasteiger charge is 2.26. The molecule has 2 aromatic rings. The van der Waals surface area contributed by atoms with Crippen molar-refractivity contribution in [2.45, 2.75) is 0 Å². The maximum atomic E-state index is 12.5. The third-order valence-corrected chi connectivity index (χ3v) is 3.52. The third kappa shape index (κ3) is 2.20. The molecule has 0 bridgehead atoms. The number of aromatic nitrogens is 2. The predicted octanol–water partition coefficient (Wildman–Crippen LogP) is 2.23. The minimum absolute atomic E-state index is 0.158. The van der Waals surface area contributed by atoms with E-state index in [9.17, 15) is 4.79 Å². The van der Waals surface area contributed by atoms with Gasteiger partial charge in [0.25, 0.3) is 5.91 Å². The Hall–Kier alpha value is -2.14. The molecular weight excluding hydrogens is 276 g/mol. The van der Waals surface area contributed by atoms with Gasteiger partial charge in [-0.1, -0.05) is 23.7 Å². The van der Waals surface area contributed by atoms with Crippen LogP contribution in [0.15, 0.2) is 36.7 Å². The first-order chi connectivity index (χ1) is 9.66. The van der Waals surface area contributed by atoms with Crippen LogP contribution in [-0.4, -0.2) is 36.0 Å². The number of nitrogens with zero attached hydrogens (tertiary/aromatic N) is 4. The molecule has 2 heterocycles. The molecule has 6 heteroatoms. The van der Waals surface area contributed by atoms with Crippen LogP contribution in [0.5, 0.6) is 0 Å². The van der Waals surface area contributed by atoms with Crippen molar-refractivity contribution in [3.63, 3.8) is 0 Å². The van der Waals surface area contributed by atoms with Gasteiger partial charge in [-0.3, -0.25) is 4.79 Å². The molecule has 0 spiro atoms. The van der Waals surface area contributed by atoms with Crippen molar-refractivity contribution in [2.24, 2.45) is 0 Å². The van der Waals surface area contributed by atoms with E-state index in [0.29, 0.717) is 12.2 Å². The largest absolute Gasteiger partial charge is 0.371 e. The van der Waals surface area contributed by atoms with Crippen molar-refractivity contribution in [1.29, 1.82) is 0 Å². The zero-order valence-corrected chi connectivity index (χ0v) is 11.7. The van der Waals surface area contributed by atoms with Gasteiger partial charge in [0.1, 0.15) is 10.8 Å². The second kappa shape index (κ2) is 5.09. The molecule has 0 fully saturated rings. The van der Waals surface area contributed by atoms with Gasteiger partial charge >= 0.3 is 0 Å². The van der Waals surface area contributed by atoms with Crippen LogP contribution in [0.2, 0.25) is 5.15 Å². The molecule has 1 aromatic heterocycles. The van der Waals surface area contributed by atoms with Crippen molar-refractivity contribution < 1.29 is 4.79 Å². The number of amides is 1. The Balaban J connectivity index is 1.97. The molecule has 1 aliphatic rings. The highest BCUT2D eigenvalue weighted by Crippen LogP contribution is 2.32. The lowest BCUT2D eigenvalue weighted by molar-refractivity contribution is 0.0981. The van der Waals surface area contributed by atoms with Gasteiger partial charge in [-0.2, -0.15) is 0 Å². The second-order valence-electron chi connectivity index (χ2n) is 4.59. The molecule has 0 aliphatic carbocycles. The Labute approximate surface area is 121 Å². The molecule has 1 aliphatic heterocycles. The van der Waals surface area contributed by atoms with Crippen LogP contribution in [0.1, 0.15) is 10.5 Å². The van der Waals surface area contributed by atoms with Gasteiger partial charge in [0.05, 0.1) is 23.8 Å². The van der Waals surface area contributed by atoms with Gasteiger partial charge in [-0.25, -0.2) is 9.97 Å². The maximum Gasteiger partial charge on any atom is 0.278 e. The fraction of sp³-hybridized carbons (Fsp3) is 0.214. The summed E-state index contributed by atoms with van der Waals surface area (Å²) in [6.07, 6.45) is 2.79. The third-order valence-electron chi connectivity index (χ3n) is 3.33. The fourth-order valence-electron chi connectivity index (χ4n) is 2.28. The van der Waals surface area contributed by atoms with Gasteiger partial charge in [0.2, 0.25) is 0 Å². The van der Waals surface area contributed by atoms with Crippen LogP contribution >= 0.6 is 11.6 Å². The van der Waals surface area contributed by atoms with Crippen LogP contribution in [0.25, 0.3) is 0 Å². The average Bonchev–Trinajstić information content (AvgIpc) is 2.48. The summed E-state index contributed by atoms with van der Waals surface area (Å²) < 4.78 is 0. The van der Waals surface area contributed by atoms with Crippen molar-refractivity contribution in [2.75, 3.05) is 29.9 Å². The Morgan fingerprint density at radius 2 is 1.90 bits per heavy atom. The number of carbonyl (C=O) groups is 1. The summed E-state index contributed by atoms with van der Waals surface area (Å²) in [6, 6.07) is 7.83. The highest BCUT2D eigenvalue weighted by atomic mass is 35.5. The lowest BCUT2D eigenvalue weighted by Gasteiger charge is -2.35. The topological polar surface area (TPSA) is 49.3 Å². The molecule has 0 unspecified atom stereocenters. The quantitative estimate of drug-likeness (QED) is 0.807. The van der Waals surface area contributed by atoms with E-state index in [4.69, 9.17) is 11.6 Å². The molecule has 1 amide bonds. The van der Waals surface area contributed by atoms with E-state index in [-0.39, 0.29) is 11.1 Å². The number of hydrogen-bond donors (Lipinski definition) is 0. The summed E-state index contributed by atoms with van der Waals surface area (Å²) in [5.74, 6) is -0.158. The molecule has 20 heavy (non-hydrogen) atoms. The number of rotatable bonds is 1. The van der Waals surface area contributed by atoms with Crippen molar-refractivity contribution in [3.05, 3.63) is 47.5 Å². The SMILES string of the molecule is CN1CCN(C(=O)c2cnc(Cl)cn2)c2ccccc21. The molecule has 3 rings (SSSR count). The van der Waals surface area contributed by atoms with Crippen molar-refractivity contribution in [1.82, 2.24) is 9.97 Å². The number of halogens is 1. The predicted molar refractivity (Wildman–Crippen MR) is 78.4 cm³/mol. The molecular formula is C14H13ClN4O. The summed E-state index contributed by atoms with van der Waals surface area (Å²) in [4.78, 5) is 24.4. The van der Waals surface area contributed by atoms with Crippen molar-refractivity contribution >= 4 is 28.9 Å². The van der Waals surface area contributed by atoms with Crippen LogP contribution in [0.3, 0.4) is 0 Å². The van der Waals surface area contributed by atoms with Gasteiger partial charge in [-0.05, 0) is 12.1 Å². The zero-order chi connectivity index (χ0) is 14.1. The number of para-hydroxylation sites is 2. The molecule has 0 atom stereocenters. The standard InChI is InChI=1S/C14H13ClN4O/c1-18-6-7-19(12-5-3-2-4-11(12)18)14(20)10-8-17-13(15)9-16-10/h2-5,8-9H,6-7H2,1H3. The number of fused-ring (bicyclic) bond motifs is 1. The van der Waals surface area contributed by atoms with E-state index in [1.54, 1.807) is 4.90 Å². The van der Waals surface area contributed by atoms with E-state index in [1.165, 1.54) is 12.4 Å². The molecule has 1 aromatic carbocycles. The molecule has 0 radical (unpaired) electrons. The first kappa shape index (κ1) is 12.9. The van der Waals surface area contributed by atoms with Crippen molar-refractivity contribution in [3.8, 4) is 0 Å². The summed E-state index contributed by atoms with van der Waals surface area (Å²) in [6.45, 7) is 1.40. The smallest absolute Gasteiger partial charge is 0.278 e. The number of likely N-dealkylation sites (N-methyl/N-ethyl adjacent to an activating group) is 1. The average molecular weight is 289 g/mol. The van der Waals surface area contributed by atoms with Crippen LogP contribution in [0.4, 0.5) is 11.4 Å². The van der Waals surface area contributed by atoms with E-state index in [2.05, 4.69) is 14.9 Å². The van der Waals surface area contributed by atoms with E-state index >= 15 is 0 Å². The summed E-state index contributed by atoms with van der Waals surface area (Å²) >= 11 is 5.70. The second-order valence-corrected chi connectivity index (χ2v) is 4.98. The Morgan fingerprint density at radius 3 is 2.60 bits per heavy atom. The van der Waals surface area contributed by atoms with Crippen LogP contribution in [-0.2, 0) is 0 Å². The molecule has 0 saturated carbocycles. The monoisotopic (exact) mass is 288 g/mol. The first-order valence-corrected chi connectivity index (χ1v) is 6.64. The molecule has 102 valence electrons. The van der Waals surface area contributed by atoms with Gasteiger partial charge in [0, 0.05) is 20.1 Å². The van der Waals surface area contributed by atoms with E-state index in [0.717, 1.165) is 17.9 Å². The Morgan fingerprint density at radius 1 is 1.15 bits per heavy atom. The Kier molecular flexibility index (Phi) is 3.28. The Bertz CT molecular complexity index is 644. The van der Waals surface area contributed by atoms with Gasteiger partial charge in [0.15, 0.2) is 0 Å². The van der Waals surface area contributed by atoms with Gasteiger partial charge in [-0.15, -0.1) is 0 Å². The minimum atomic E-state index is -0.158. The van der Waals surface area contributed by atoms with Crippen LogP contribution < -0.4 is 9.80 Å². The number of hydrogen-bond acceptors (Lipinski definition) is 4. The first-order valence-electron chi connectivity index (χ1n) is 6.26. The number of benzene rings is 1. The maximum absolute atomic E-state index is 12.5. The molecule has 5 nitrogen and oxygen atoms in total. The molecule has 0 saturated heterocycles. The lowest BCUT2D eigenvalue weighted by atomic mass is 10.1. The minimum Gasteiger partial charge on any atom is -0.371 e. The summed E-state index contributed by atoms with van der Waals surface area (Å²) in [7, 11) is 2.02. The summed E-state index contributed by atoms with van der Waals surface area (Å²) in [5, 5.41) is 0.278. The van der Waals surface area contributed by atoms with E-state index in [1.807, 2.05) is 31.3 Å². The highest BCUT2D eigenvalue weighted by molar-refractivity contribution is 6.29. The van der Waals surface area contributed by atoms with Gasteiger partial charge < -0.3 is 9.80 Å². The zero-order valence-electron chi connectivity index (χ0n) is 11.0. The summed E-state index contributed by atoms with van der Waals surface area (Å²) in [5.41, 5.74) is 2.23. The van der Waals surface area contributed by atoms with E-state index < -0.39 is 0 Å². The fourth-order valence-corrected chi connectivity index (χ4v) is 2.38. The molecule has 0 N–H and O–H groups in total. The lowest BCUT2D eigenvalue weighted by Crippen LogP contribution is -2.43. The number of anilines is 2. The number of carbonyl (C=O) groups excluding carboxylic acids is 1. The van der Waals surface area contributed by atoms with Crippen LogP contribution in [0, 0.1) is 0 Å².